The number of fused-ring (bicyclic) bond motifs is 1. The SMILES string of the molecule is Cc1cc(=O)c(-c2nc3[nH]c(=O)[nH]c(=O)c3[nH]2)c[nH]1. The molecule has 3 aromatic heterocycles. The Balaban J connectivity index is 2.32. The van der Waals surface area contributed by atoms with Gasteiger partial charge in [-0.3, -0.25) is 19.6 Å². The van der Waals surface area contributed by atoms with Crippen LogP contribution in [0.3, 0.4) is 0 Å². The highest BCUT2D eigenvalue weighted by Crippen LogP contribution is 2.12. The normalized spacial score (nSPS) is 11.0. The second kappa shape index (κ2) is 3.80. The van der Waals surface area contributed by atoms with Gasteiger partial charge in [0.1, 0.15) is 11.3 Å². The molecular formula is C11H9N5O3. The van der Waals surface area contributed by atoms with Crippen LogP contribution in [0.2, 0.25) is 0 Å². The molecule has 0 saturated carbocycles. The van der Waals surface area contributed by atoms with Crippen LogP contribution in [0.4, 0.5) is 0 Å². The standard InChI is InChI=1S/C11H9N5O3/c1-4-2-6(17)5(3-12-4)8-13-7-9(14-8)15-11(19)16-10(7)18/h2-3H,1H3,(H,12,17)(H3,13,14,15,16,18,19). The summed E-state index contributed by atoms with van der Waals surface area (Å²) in [7, 11) is 0. The van der Waals surface area contributed by atoms with Crippen molar-refractivity contribution in [3.63, 3.8) is 0 Å². The van der Waals surface area contributed by atoms with E-state index in [1.54, 1.807) is 6.92 Å². The van der Waals surface area contributed by atoms with Crippen molar-refractivity contribution in [2.24, 2.45) is 0 Å². The quantitative estimate of drug-likeness (QED) is 0.474. The van der Waals surface area contributed by atoms with E-state index in [0.29, 0.717) is 5.56 Å². The fourth-order valence-corrected chi connectivity index (χ4v) is 1.82. The number of nitrogens with zero attached hydrogens (tertiary/aromatic N) is 1. The van der Waals surface area contributed by atoms with Gasteiger partial charge in [-0.25, -0.2) is 9.78 Å². The molecule has 4 N–H and O–H groups in total. The smallest absolute Gasteiger partial charge is 0.327 e. The number of aromatic nitrogens is 5. The number of rotatable bonds is 1. The van der Waals surface area contributed by atoms with E-state index < -0.39 is 11.2 Å². The van der Waals surface area contributed by atoms with Gasteiger partial charge < -0.3 is 9.97 Å². The third-order valence-electron chi connectivity index (χ3n) is 2.70. The number of pyridine rings is 1. The predicted octanol–water partition coefficient (Wildman–Crippen LogP) is -0.397. The molecule has 0 atom stereocenters. The van der Waals surface area contributed by atoms with Crippen LogP contribution >= 0.6 is 0 Å². The van der Waals surface area contributed by atoms with Crippen LogP contribution in [0.1, 0.15) is 5.69 Å². The molecule has 8 heteroatoms. The van der Waals surface area contributed by atoms with Gasteiger partial charge in [0.05, 0.1) is 5.56 Å². The summed E-state index contributed by atoms with van der Waals surface area (Å²) in [5.41, 5.74) is -0.208. The first kappa shape index (κ1) is 11.2. The Morgan fingerprint density at radius 1 is 1.11 bits per heavy atom. The van der Waals surface area contributed by atoms with Crippen LogP contribution in [-0.2, 0) is 0 Å². The molecule has 0 saturated heterocycles. The number of hydrogen-bond acceptors (Lipinski definition) is 4. The maximum atomic E-state index is 11.8. The maximum absolute atomic E-state index is 11.8. The van der Waals surface area contributed by atoms with Gasteiger partial charge in [0, 0.05) is 18.0 Å². The first-order chi connectivity index (χ1) is 9.04. The van der Waals surface area contributed by atoms with Crippen molar-refractivity contribution in [2.45, 2.75) is 6.92 Å². The highest BCUT2D eigenvalue weighted by molar-refractivity contribution is 5.74. The number of aromatic amines is 4. The zero-order valence-corrected chi connectivity index (χ0v) is 9.83. The molecule has 0 aliphatic carbocycles. The average molecular weight is 259 g/mol. The molecule has 3 rings (SSSR count). The minimum atomic E-state index is -0.645. The van der Waals surface area contributed by atoms with Crippen molar-refractivity contribution in [3.05, 3.63) is 49.0 Å². The molecule has 0 amide bonds. The van der Waals surface area contributed by atoms with Gasteiger partial charge in [-0.05, 0) is 6.92 Å². The summed E-state index contributed by atoms with van der Waals surface area (Å²) in [5, 5.41) is 0. The average Bonchev–Trinajstić information content (AvgIpc) is 2.72. The van der Waals surface area contributed by atoms with Crippen LogP contribution in [0.15, 0.2) is 26.6 Å². The Kier molecular flexibility index (Phi) is 2.24. The number of imidazole rings is 1. The molecule has 3 aromatic rings. The first-order valence-corrected chi connectivity index (χ1v) is 5.46. The molecule has 0 aliphatic heterocycles. The van der Waals surface area contributed by atoms with Crippen molar-refractivity contribution >= 4 is 11.2 Å². The molecule has 0 aromatic carbocycles. The summed E-state index contributed by atoms with van der Waals surface area (Å²) in [6.45, 7) is 1.76. The van der Waals surface area contributed by atoms with Crippen LogP contribution in [0.5, 0.6) is 0 Å². The van der Waals surface area contributed by atoms with Crippen molar-refractivity contribution in [3.8, 4) is 11.4 Å². The minimum Gasteiger partial charge on any atom is -0.364 e. The molecule has 96 valence electrons. The topological polar surface area (TPSA) is 127 Å². The number of aryl methyl sites for hydroxylation is 1. The van der Waals surface area contributed by atoms with Gasteiger partial charge in [-0.15, -0.1) is 0 Å². The van der Waals surface area contributed by atoms with Crippen LogP contribution < -0.4 is 16.7 Å². The number of nitrogens with one attached hydrogen (secondary N) is 4. The lowest BCUT2D eigenvalue weighted by Crippen LogP contribution is -2.21. The maximum Gasteiger partial charge on any atom is 0.327 e. The van der Waals surface area contributed by atoms with Gasteiger partial charge in [-0.2, -0.15) is 0 Å². The molecule has 0 aliphatic rings. The minimum absolute atomic E-state index is 0.115. The highest BCUT2D eigenvalue weighted by Gasteiger charge is 2.11. The zero-order valence-electron chi connectivity index (χ0n) is 9.83. The fourth-order valence-electron chi connectivity index (χ4n) is 1.82. The van der Waals surface area contributed by atoms with E-state index in [-0.39, 0.29) is 22.4 Å². The summed E-state index contributed by atoms with van der Waals surface area (Å²) in [4.78, 5) is 48.6. The van der Waals surface area contributed by atoms with Gasteiger partial charge in [0.2, 0.25) is 0 Å². The van der Waals surface area contributed by atoms with E-state index in [1.807, 2.05) is 0 Å². The monoisotopic (exact) mass is 259 g/mol. The van der Waals surface area contributed by atoms with Crippen molar-refractivity contribution in [2.75, 3.05) is 0 Å². The lowest BCUT2D eigenvalue weighted by Gasteiger charge is -1.96. The van der Waals surface area contributed by atoms with Crippen molar-refractivity contribution < 1.29 is 0 Å². The summed E-state index contributed by atoms with van der Waals surface area (Å²) in [5.74, 6) is 0.226. The summed E-state index contributed by atoms with van der Waals surface area (Å²) >= 11 is 0. The molecule has 0 fully saturated rings. The second-order valence-electron chi connectivity index (χ2n) is 4.11. The molecule has 0 radical (unpaired) electrons. The Morgan fingerprint density at radius 3 is 2.63 bits per heavy atom. The summed E-state index contributed by atoms with van der Waals surface area (Å²) < 4.78 is 0. The van der Waals surface area contributed by atoms with Gasteiger partial charge >= 0.3 is 5.69 Å². The van der Waals surface area contributed by atoms with Crippen LogP contribution in [0.25, 0.3) is 22.6 Å². The van der Waals surface area contributed by atoms with Crippen molar-refractivity contribution in [1.29, 1.82) is 0 Å². The number of hydrogen-bond donors (Lipinski definition) is 4. The van der Waals surface area contributed by atoms with E-state index in [1.165, 1.54) is 12.3 Å². The van der Waals surface area contributed by atoms with E-state index in [4.69, 9.17) is 0 Å². The van der Waals surface area contributed by atoms with Gasteiger partial charge in [-0.1, -0.05) is 0 Å². The third kappa shape index (κ3) is 1.79. The van der Waals surface area contributed by atoms with Crippen LogP contribution in [-0.4, -0.2) is 24.9 Å². The summed E-state index contributed by atoms with van der Waals surface area (Å²) in [6, 6.07) is 1.43. The lowest BCUT2D eigenvalue weighted by molar-refractivity contribution is 1.07. The molecule has 0 bridgehead atoms. The van der Waals surface area contributed by atoms with Gasteiger partial charge in [0.25, 0.3) is 5.56 Å². The van der Waals surface area contributed by atoms with E-state index in [0.717, 1.165) is 5.69 Å². The Hall–Kier alpha value is -2.90. The van der Waals surface area contributed by atoms with Crippen LogP contribution in [0, 0.1) is 6.92 Å². The van der Waals surface area contributed by atoms with Gasteiger partial charge in [0.15, 0.2) is 11.1 Å². The molecule has 0 unspecified atom stereocenters. The largest absolute Gasteiger partial charge is 0.364 e. The Morgan fingerprint density at radius 2 is 1.89 bits per heavy atom. The fraction of sp³-hybridized carbons (Fsp3) is 0.0909. The van der Waals surface area contributed by atoms with E-state index in [2.05, 4.69) is 24.9 Å². The summed E-state index contributed by atoms with van der Waals surface area (Å²) in [6.07, 6.45) is 1.50. The number of H-pyrrole nitrogens is 4. The Bertz CT molecular complexity index is 943. The zero-order chi connectivity index (χ0) is 13.6. The van der Waals surface area contributed by atoms with Crippen molar-refractivity contribution in [1.82, 2.24) is 24.9 Å². The molecule has 0 spiro atoms. The highest BCUT2D eigenvalue weighted by atomic mass is 16.2. The molecular weight excluding hydrogens is 250 g/mol. The molecule has 8 nitrogen and oxygen atoms in total. The Labute approximate surface area is 104 Å². The van der Waals surface area contributed by atoms with E-state index >= 15 is 0 Å². The predicted molar refractivity (Wildman–Crippen MR) is 68.1 cm³/mol. The molecule has 19 heavy (non-hydrogen) atoms. The third-order valence-corrected chi connectivity index (χ3v) is 2.70. The first-order valence-electron chi connectivity index (χ1n) is 5.46. The molecule has 3 heterocycles. The second-order valence-corrected chi connectivity index (χ2v) is 4.11. The lowest BCUT2D eigenvalue weighted by atomic mass is 10.2. The van der Waals surface area contributed by atoms with E-state index in [9.17, 15) is 14.4 Å².